The number of aromatic hydroxyl groups is 1. The molecule has 0 bridgehead atoms. The average Bonchev–Trinajstić information content (AvgIpc) is 2.58. The Kier molecular flexibility index (Phi) is 4.10. The summed E-state index contributed by atoms with van der Waals surface area (Å²) in [6.07, 6.45) is 0.295. The molecule has 0 saturated carbocycles. The quantitative estimate of drug-likeness (QED) is 0.773. The Labute approximate surface area is 132 Å². The number of hydrogen-bond acceptors (Lipinski definition) is 3. The molecule has 0 unspecified atom stereocenters. The molecule has 2 aromatic carbocycles. The molecule has 1 aromatic heterocycles. The molecule has 0 amide bonds. The topological polar surface area (TPSA) is 75.1 Å². The van der Waals surface area contributed by atoms with E-state index in [9.17, 15) is 14.7 Å². The molecule has 1 heterocycles. The van der Waals surface area contributed by atoms with Crippen LogP contribution in [0.2, 0.25) is 0 Å². The van der Waals surface area contributed by atoms with Crippen molar-refractivity contribution >= 4 is 0 Å². The number of benzene rings is 2. The van der Waals surface area contributed by atoms with Crippen molar-refractivity contribution in [2.75, 3.05) is 0 Å². The maximum atomic E-state index is 12.3. The molecular weight excluding hydrogens is 292 g/mol. The normalized spacial score (nSPS) is 10.6. The van der Waals surface area contributed by atoms with Crippen LogP contribution in [0.4, 0.5) is 0 Å². The summed E-state index contributed by atoms with van der Waals surface area (Å²) in [7, 11) is 0. The SMILES string of the molecule is O=c1[nH]c(Cc2ccccc2)c(O)c(=O)n1Cc1ccccc1. The third-order valence-electron chi connectivity index (χ3n) is 3.64. The minimum absolute atomic E-state index is 0.119. The summed E-state index contributed by atoms with van der Waals surface area (Å²) >= 11 is 0. The zero-order valence-electron chi connectivity index (χ0n) is 12.4. The number of hydrogen-bond donors (Lipinski definition) is 2. The lowest BCUT2D eigenvalue weighted by Crippen LogP contribution is -2.36. The van der Waals surface area contributed by atoms with Gasteiger partial charge in [-0.25, -0.2) is 4.79 Å². The summed E-state index contributed by atoms with van der Waals surface area (Å²) in [5.41, 5.74) is 0.746. The summed E-state index contributed by atoms with van der Waals surface area (Å²) in [5, 5.41) is 10.1. The van der Waals surface area contributed by atoms with Crippen LogP contribution in [0.15, 0.2) is 70.3 Å². The molecule has 0 atom stereocenters. The van der Waals surface area contributed by atoms with Gasteiger partial charge in [-0.05, 0) is 11.1 Å². The van der Waals surface area contributed by atoms with Crippen LogP contribution in [0.1, 0.15) is 16.8 Å². The first-order valence-electron chi connectivity index (χ1n) is 7.28. The lowest BCUT2D eigenvalue weighted by Gasteiger charge is -2.09. The predicted molar refractivity (Wildman–Crippen MR) is 87.8 cm³/mol. The van der Waals surface area contributed by atoms with Crippen molar-refractivity contribution in [1.82, 2.24) is 9.55 Å². The van der Waals surface area contributed by atoms with Crippen molar-refractivity contribution in [2.24, 2.45) is 0 Å². The minimum atomic E-state index is -0.677. The van der Waals surface area contributed by atoms with Gasteiger partial charge >= 0.3 is 5.69 Å². The van der Waals surface area contributed by atoms with Crippen molar-refractivity contribution in [3.05, 3.63) is 98.3 Å². The molecule has 23 heavy (non-hydrogen) atoms. The van der Waals surface area contributed by atoms with Crippen LogP contribution in [0.5, 0.6) is 5.75 Å². The fraction of sp³-hybridized carbons (Fsp3) is 0.111. The first kappa shape index (κ1) is 14.8. The van der Waals surface area contributed by atoms with E-state index in [4.69, 9.17) is 0 Å². The number of rotatable bonds is 4. The Morgan fingerprint density at radius 1 is 0.870 bits per heavy atom. The maximum Gasteiger partial charge on any atom is 0.329 e. The van der Waals surface area contributed by atoms with Gasteiger partial charge in [0.05, 0.1) is 12.2 Å². The Bertz CT molecular complexity index is 912. The van der Waals surface area contributed by atoms with Gasteiger partial charge in [-0.2, -0.15) is 0 Å². The van der Waals surface area contributed by atoms with Gasteiger partial charge < -0.3 is 10.1 Å². The fourth-order valence-electron chi connectivity index (χ4n) is 2.44. The summed E-state index contributed by atoms with van der Waals surface area (Å²) in [6.45, 7) is 0.119. The van der Waals surface area contributed by atoms with Crippen LogP contribution < -0.4 is 11.2 Å². The van der Waals surface area contributed by atoms with Gasteiger partial charge in [-0.15, -0.1) is 0 Å². The van der Waals surface area contributed by atoms with E-state index >= 15 is 0 Å². The van der Waals surface area contributed by atoms with Gasteiger partial charge in [0.25, 0.3) is 5.56 Å². The lowest BCUT2D eigenvalue weighted by atomic mass is 10.1. The summed E-state index contributed by atoms with van der Waals surface area (Å²) in [4.78, 5) is 27.1. The first-order chi connectivity index (χ1) is 11.1. The van der Waals surface area contributed by atoms with Crippen molar-refractivity contribution in [3.63, 3.8) is 0 Å². The van der Waals surface area contributed by atoms with Crippen LogP contribution in [0.3, 0.4) is 0 Å². The number of H-pyrrole nitrogens is 1. The van der Waals surface area contributed by atoms with Crippen LogP contribution >= 0.6 is 0 Å². The van der Waals surface area contributed by atoms with E-state index in [1.807, 2.05) is 60.7 Å². The van der Waals surface area contributed by atoms with Gasteiger partial charge in [0.1, 0.15) is 0 Å². The smallest absolute Gasteiger partial charge is 0.329 e. The first-order valence-corrected chi connectivity index (χ1v) is 7.28. The molecule has 5 nitrogen and oxygen atoms in total. The van der Waals surface area contributed by atoms with Gasteiger partial charge in [0, 0.05) is 6.42 Å². The highest BCUT2D eigenvalue weighted by molar-refractivity contribution is 5.30. The van der Waals surface area contributed by atoms with Crippen LogP contribution in [0, 0.1) is 0 Å². The number of nitrogens with zero attached hydrogens (tertiary/aromatic N) is 1. The van der Waals surface area contributed by atoms with Gasteiger partial charge in [0.2, 0.25) is 5.75 Å². The molecule has 0 aliphatic heterocycles. The summed E-state index contributed by atoms with van der Waals surface area (Å²) in [5.74, 6) is -0.413. The highest BCUT2D eigenvalue weighted by Gasteiger charge is 2.13. The molecular formula is C18H16N2O3. The molecule has 0 radical (unpaired) electrons. The van der Waals surface area contributed by atoms with Crippen molar-refractivity contribution < 1.29 is 5.11 Å². The van der Waals surface area contributed by atoms with Gasteiger partial charge in [-0.3, -0.25) is 9.36 Å². The minimum Gasteiger partial charge on any atom is -0.502 e. The standard InChI is InChI=1S/C18H16N2O3/c21-16-15(11-13-7-3-1-4-8-13)19-18(23)20(17(16)22)12-14-9-5-2-6-10-14/h1-10,21H,11-12H2,(H,19,23). The van der Waals surface area contributed by atoms with E-state index < -0.39 is 17.0 Å². The summed E-state index contributed by atoms with van der Waals surface area (Å²) in [6, 6.07) is 18.5. The maximum absolute atomic E-state index is 12.3. The average molecular weight is 308 g/mol. The third kappa shape index (κ3) is 3.23. The summed E-state index contributed by atoms with van der Waals surface area (Å²) < 4.78 is 0.999. The molecule has 0 spiro atoms. The third-order valence-corrected chi connectivity index (χ3v) is 3.64. The largest absolute Gasteiger partial charge is 0.502 e. The zero-order valence-corrected chi connectivity index (χ0v) is 12.4. The highest BCUT2D eigenvalue weighted by Crippen LogP contribution is 2.12. The molecule has 116 valence electrons. The van der Waals surface area contributed by atoms with E-state index in [-0.39, 0.29) is 12.2 Å². The lowest BCUT2D eigenvalue weighted by molar-refractivity contribution is 0.443. The highest BCUT2D eigenvalue weighted by atomic mass is 16.3. The van der Waals surface area contributed by atoms with Gasteiger partial charge in [-0.1, -0.05) is 60.7 Å². The molecule has 5 heteroatoms. The Balaban J connectivity index is 1.97. The van der Waals surface area contributed by atoms with E-state index in [1.165, 1.54) is 0 Å². The van der Waals surface area contributed by atoms with E-state index in [2.05, 4.69) is 4.98 Å². The number of aromatic amines is 1. The molecule has 0 aliphatic rings. The van der Waals surface area contributed by atoms with Crippen LogP contribution in [-0.4, -0.2) is 14.7 Å². The van der Waals surface area contributed by atoms with Crippen molar-refractivity contribution in [2.45, 2.75) is 13.0 Å². The Hall–Kier alpha value is -3.08. The number of aromatic nitrogens is 2. The van der Waals surface area contributed by atoms with E-state index in [0.29, 0.717) is 6.42 Å². The molecule has 0 fully saturated rings. The van der Waals surface area contributed by atoms with Gasteiger partial charge in [0.15, 0.2) is 0 Å². The fourth-order valence-corrected chi connectivity index (χ4v) is 2.44. The van der Waals surface area contributed by atoms with Crippen molar-refractivity contribution in [3.8, 4) is 5.75 Å². The molecule has 3 rings (SSSR count). The van der Waals surface area contributed by atoms with E-state index in [1.54, 1.807) is 0 Å². The second kappa shape index (κ2) is 6.36. The van der Waals surface area contributed by atoms with Crippen LogP contribution in [0.25, 0.3) is 0 Å². The van der Waals surface area contributed by atoms with E-state index in [0.717, 1.165) is 15.7 Å². The molecule has 0 saturated heterocycles. The van der Waals surface area contributed by atoms with Crippen molar-refractivity contribution in [1.29, 1.82) is 0 Å². The Morgan fingerprint density at radius 2 is 1.43 bits per heavy atom. The second-order valence-electron chi connectivity index (χ2n) is 5.30. The van der Waals surface area contributed by atoms with Crippen LogP contribution in [-0.2, 0) is 13.0 Å². The molecule has 3 aromatic rings. The second-order valence-corrected chi connectivity index (χ2v) is 5.30. The number of nitrogens with one attached hydrogen (secondary N) is 1. The molecule has 0 aliphatic carbocycles. The Morgan fingerprint density at radius 3 is 2.04 bits per heavy atom. The monoisotopic (exact) mass is 308 g/mol. The molecule has 2 N–H and O–H groups in total. The predicted octanol–water partition coefficient (Wildman–Crippen LogP) is 1.88. The zero-order chi connectivity index (χ0) is 16.2.